The van der Waals surface area contributed by atoms with Gasteiger partial charge in [-0.05, 0) is 56.6 Å². The van der Waals surface area contributed by atoms with Crippen molar-refractivity contribution >= 4 is 5.97 Å². The van der Waals surface area contributed by atoms with E-state index in [1.54, 1.807) is 0 Å². The molecule has 0 N–H and O–H groups in total. The Balaban J connectivity index is 1.81. The summed E-state index contributed by atoms with van der Waals surface area (Å²) in [6.07, 6.45) is 2.10. The van der Waals surface area contributed by atoms with E-state index in [9.17, 15) is 4.79 Å². The fourth-order valence-electron chi connectivity index (χ4n) is 2.64. The lowest BCUT2D eigenvalue weighted by Crippen LogP contribution is -2.23. The first-order chi connectivity index (χ1) is 11.1. The van der Waals surface area contributed by atoms with Crippen LogP contribution in [0.3, 0.4) is 0 Å². The first-order valence-electron chi connectivity index (χ1n) is 8.04. The molecular formula is C20H25NO2. The summed E-state index contributed by atoms with van der Waals surface area (Å²) in [6.45, 7) is 3.27. The predicted molar refractivity (Wildman–Crippen MR) is 93.6 cm³/mol. The van der Waals surface area contributed by atoms with Crippen molar-refractivity contribution in [2.45, 2.75) is 25.8 Å². The highest BCUT2D eigenvalue weighted by Crippen LogP contribution is 2.18. The highest BCUT2D eigenvalue weighted by atomic mass is 16.5. The summed E-state index contributed by atoms with van der Waals surface area (Å²) in [5, 5.41) is 0. The summed E-state index contributed by atoms with van der Waals surface area (Å²) in [6, 6.07) is 18.7. The van der Waals surface area contributed by atoms with E-state index >= 15 is 0 Å². The van der Waals surface area contributed by atoms with Crippen molar-refractivity contribution in [2.24, 2.45) is 0 Å². The highest BCUT2D eigenvalue weighted by molar-refractivity contribution is 5.89. The number of ether oxygens (including phenoxy) is 1. The summed E-state index contributed by atoms with van der Waals surface area (Å²) in [7, 11) is 3.57. The second kappa shape index (κ2) is 8.49. The molecular weight excluding hydrogens is 286 g/mol. The van der Waals surface area contributed by atoms with E-state index in [1.165, 1.54) is 18.2 Å². The molecule has 0 radical (unpaired) electrons. The third-order valence-electron chi connectivity index (χ3n) is 4.29. The van der Waals surface area contributed by atoms with Crippen molar-refractivity contribution in [2.75, 3.05) is 20.7 Å². The minimum Gasteiger partial charge on any atom is -0.465 e. The minimum atomic E-state index is -0.284. The first-order valence-corrected chi connectivity index (χ1v) is 8.04. The van der Waals surface area contributed by atoms with E-state index in [0.29, 0.717) is 11.6 Å². The molecule has 23 heavy (non-hydrogen) atoms. The Kier molecular flexibility index (Phi) is 6.36. The lowest BCUT2D eigenvalue weighted by Gasteiger charge is -2.25. The summed E-state index contributed by atoms with van der Waals surface area (Å²) >= 11 is 0. The molecule has 1 unspecified atom stereocenters. The van der Waals surface area contributed by atoms with Crippen molar-refractivity contribution in [3.8, 4) is 0 Å². The van der Waals surface area contributed by atoms with Crippen LogP contribution in [0.15, 0.2) is 54.6 Å². The van der Waals surface area contributed by atoms with Crippen LogP contribution < -0.4 is 0 Å². The Bertz CT molecular complexity index is 607. The Morgan fingerprint density at radius 2 is 1.74 bits per heavy atom. The van der Waals surface area contributed by atoms with Gasteiger partial charge in [0.25, 0.3) is 0 Å². The van der Waals surface area contributed by atoms with Crippen LogP contribution in [-0.2, 0) is 11.2 Å². The van der Waals surface area contributed by atoms with Gasteiger partial charge in [0.2, 0.25) is 0 Å². The van der Waals surface area contributed by atoms with Gasteiger partial charge in [0.1, 0.15) is 0 Å². The molecule has 0 saturated carbocycles. The van der Waals surface area contributed by atoms with Gasteiger partial charge >= 0.3 is 5.97 Å². The van der Waals surface area contributed by atoms with Gasteiger partial charge < -0.3 is 4.74 Å². The quantitative estimate of drug-likeness (QED) is 0.721. The molecule has 0 aliphatic rings. The Morgan fingerprint density at radius 3 is 2.35 bits per heavy atom. The van der Waals surface area contributed by atoms with E-state index < -0.39 is 0 Å². The van der Waals surface area contributed by atoms with E-state index in [2.05, 4.69) is 43.1 Å². The molecule has 0 saturated heterocycles. The number of hydrogen-bond donors (Lipinski definition) is 0. The maximum Gasteiger partial charge on any atom is 0.337 e. The van der Waals surface area contributed by atoms with Gasteiger partial charge in [-0.3, -0.25) is 4.90 Å². The molecule has 0 fully saturated rings. The van der Waals surface area contributed by atoms with Crippen LogP contribution in [0.1, 0.15) is 40.9 Å². The molecule has 2 rings (SSSR count). The molecule has 1 atom stereocenters. The standard InChI is InChI=1S/C20H25NO2/c1-16(18-9-5-4-6-10-18)21(2)15-7-8-17-11-13-19(14-12-17)20(22)23-3/h4-6,9-14,16H,7-8,15H2,1-3H3. The third kappa shape index (κ3) is 4.93. The van der Waals surface area contributed by atoms with E-state index in [-0.39, 0.29) is 5.97 Å². The molecule has 0 heterocycles. The van der Waals surface area contributed by atoms with Crippen molar-refractivity contribution in [3.05, 3.63) is 71.3 Å². The van der Waals surface area contributed by atoms with Crippen molar-refractivity contribution in [1.29, 1.82) is 0 Å². The minimum absolute atomic E-state index is 0.284. The van der Waals surface area contributed by atoms with E-state index in [4.69, 9.17) is 4.74 Å². The molecule has 0 aliphatic carbocycles. The molecule has 0 aliphatic heterocycles. The van der Waals surface area contributed by atoms with Gasteiger partial charge in [-0.15, -0.1) is 0 Å². The van der Waals surface area contributed by atoms with Crippen LogP contribution >= 0.6 is 0 Å². The van der Waals surface area contributed by atoms with Gasteiger partial charge in [-0.25, -0.2) is 4.79 Å². The number of benzene rings is 2. The number of carbonyl (C=O) groups excluding carboxylic acids is 1. The smallest absolute Gasteiger partial charge is 0.337 e. The molecule has 0 aromatic heterocycles. The molecule has 3 nitrogen and oxygen atoms in total. The number of hydrogen-bond acceptors (Lipinski definition) is 3. The van der Waals surface area contributed by atoms with Crippen LogP contribution in [0.2, 0.25) is 0 Å². The fraction of sp³-hybridized carbons (Fsp3) is 0.350. The maximum atomic E-state index is 11.4. The summed E-state index contributed by atoms with van der Waals surface area (Å²) in [4.78, 5) is 13.8. The van der Waals surface area contributed by atoms with Crippen LogP contribution in [0.4, 0.5) is 0 Å². The van der Waals surface area contributed by atoms with Gasteiger partial charge in [-0.2, -0.15) is 0 Å². The average molecular weight is 311 g/mol. The lowest BCUT2D eigenvalue weighted by atomic mass is 10.1. The number of rotatable bonds is 7. The Hall–Kier alpha value is -2.13. The van der Waals surface area contributed by atoms with Gasteiger partial charge in [0.05, 0.1) is 12.7 Å². The van der Waals surface area contributed by atoms with Crippen molar-refractivity contribution in [1.82, 2.24) is 4.90 Å². The lowest BCUT2D eigenvalue weighted by molar-refractivity contribution is 0.0600. The number of esters is 1. The third-order valence-corrected chi connectivity index (χ3v) is 4.29. The zero-order valence-corrected chi connectivity index (χ0v) is 14.2. The number of carbonyl (C=O) groups is 1. The van der Waals surface area contributed by atoms with Crippen molar-refractivity contribution in [3.63, 3.8) is 0 Å². The van der Waals surface area contributed by atoms with Crippen LogP contribution in [0.5, 0.6) is 0 Å². The second-order valence-corrected chi connectivity index (χ2v) is 5.86. The largest absolute Gasteiger partial charge is 0.465 e. The molecule has 3 heteroatoms. The average Bonchev–Trinajstić information content (AvgIpc) is 2.61. The van der Waals surface area contributed by atoms with Crippen LogP contribution in [0, 0.1) is 0 Å². The Morgan fingerprint density at radius 1 is 1.09 bits per heavy atom. The topological polar surface area (TPSA) is 29.5 Å². The number of methoxy groups -OCH3 is 1. The zero-order valence-electron chi connectivity index (χ0n) is 14.2. The summed E-state index contributed by atoms with van der Waals surface area (Å²) in [5.74, 6) is -0.284. The van der Waals surface area contributed by atoms with Gasteiger partial charge in [0, 0.05) is 6.04 Å². The molecule has 122 valence electrons. The van der Waals surface area contributed by atoms with Crippen LogP contribution in [0.25, 0.3) is 0 Å². The number of aryl methyl sites for hydroxylation is 1. The second-order valence-electron chi connectivity index (χ2n) is 5.86. The highest BCUT2D eigenvalue weighted by Gasteiger charge is 2.10. The molecule has 0 spiro atoms. The maximum absolute atomic E-state index is 11.4. The van der Waals surface area contributed by atoms with Crippen LogP contribution in [-0.4, -0.2) is 31.6 Å². The zero-order chi connectivity index (χ0) is 16.7. The SMILES string of the molecule is COC(=O)c1ccc(CCCN(C)C(C)c2ccccc2)cc1. The predicted octanol–water partition coefficient (Wildman–Crippen LogP) is 4.10. The molecule has 0 bridgehead atoms. The molecule has 0 amide bonds. The molecule has 2 aromatic rings. The van der Waals surface area contributed by atoms with E-state index in [0.717, 1.165) is 19.4 Å². The fourth-order valence-corrected chi connectivity index (χ4v) is 2.64. The Labute approximate surface area is 138 Å². The van der Waals surface area contributed by atoms with Crippen molar-refractivity contribution < 1.29 is 9.53 Å². The number of nitrogens with zero attached hydrogens (tertiary/aromatic N) is 1. The normalized spacial score (nSPS) is 12.2. The monoisotopic (exact) mass is 311 g/mol. The first kappa shape index (κ1) is 17.2. The molecule has 2 aromatic carbocycles. The summed E-state index contributed by atoms with van der Waals surface area (Å²) < 4.78 is 4.71. The van der Waals surface area contributed by atoms with Gasteiger partial charge in [-0.1, -0.05) is 42.5 Å². The summed E-state index contributed by atoms with van der Waals surface area (Å²) in [5.41, 5.74) is 3.20. The van der Waals surface area contributed by atoms with E-state index in [1.807, 2.05) is 30.3 Å². The van der Waals surface area contributed by atoms with Gasteiger partial charge in [0.15, 0.2) is 0 Å².